The molecule has 0 unspecified atom stereocenters. The van der Waals surface area contributed by atoms with Gasteiger partial charge in [0.25, 0.3) is 5.91 Å². The maximum atomic E-state index is 12.0. The number of hydrogen-bond acceptors (Lipinski definition) is 3. The summed E-state index contributed by atoms with van der Waals surface area (Å²) in [5.41, 5.74) is 1.50. The molecule has 1 aliphatic heterocycles. The van der Waals surface area contributed by atoms with Crippen LogP contribution in [0.3, 0.4) is 0 Å². The molecule has 5 heteroatoms. The quantitative estimate of drug-likeness (QED) is 0.943. The van der Waals surface area contributed by atoms with Crippen LogP contribution in [0.15, 0.2) is 42.5 Å². The lowest BCUT2D eigenvalue weighted by Crippen LogP contribution is -2.22. The van der Waals surface area contributed by atoms with Gasteiger partial charge in [-0.2, -0.15) is 0 Å². The molecule has 3 rings (SSSR count). The van der Waals surface area contributed by atoms with Crippen molar-refractivity contribution in [3.8, 4) is 11.5 Å². The van der Waals surface area contributed by atoms with Crippen molar-refractivity contribution in [3.63, 3.8) is 0 Å². The summed E-state index contributed by atoms with van der Waals surface area (Å²) in [6, 6.07) is 12.7. The van der Waals surface area contributed by atoms with E-state index in [2.05, 4.69) is 5.32 Å². The Balaban J connectivity index is 1.72. The van der Waals surface area contributed by atoms with E-state index < -0.39 is 0 Å². The Morgan fingerprint density at radius 2 is 1.91 bits per heavy atom. The Bertz CT molecular complexity index is 673. The second kappa shape index (κ2) is 6.71. The predicted molar refractivity (Wildman–Crippen MR) is 84.7 cm³/mol. The van der Waals surface area contributed by atoms with Gasteiger partial charge in [0.15, 0.2) is 11.5 Å². The average Bonchev–Trinajstić information content (AvgIpc) is 2.79. The van der Waals surface area contributed by atoms with Crippen LogP contribution in [-0.2, 0) is 6.54 Å². The van der Waals surface area contributed by atoms with Crippen LogP contribution in [0, 0.1) is 0 Å². The van der Waals surface area contributed by atoms with E-state index in [1.54, 1.807) is 18.2 Å². The third-order valence-electron chi connectivity index (χ3n) is 3.35. The SMILES string of the molecule is O=C(NCc1cc(Cl)c2c(c1)OCCCO2)c1ccccc1. The first-order valence-electron chi connectivity index (χ1n) is 7.15. The van der Waals surface area contributed by atoms with Crippen LogP contribution in [0.25, 0.3) is 0 Å². The minimum atomic E-state index is -0.121. The molecule has 2 aromatic carbocycles. The average molecular weight is 318 g/mol. The summed E-state index contributed by atoms with van der Waals surface area (Å²) < 4.78 is 11.2. The number of ether oxygens (including phenoxy) is 2. The topological polar surface area (TPSA) is 47.6 Å². The van der Waals surface area contributed by atoms with Gasteiger partial charge in [0.05, 0.1) is 18.2 Å². The summed E-state index contributed by atoms with van der Waals surface area (Å²) in [5.74, 6) is 1.09. The second-order valence-electron chi connectivity index (χ2n) is 5.00. The maximum Gasteiger partial charge on any atom is 0.251 e. The molecule has 1 N–H and O–H groups in total. The lowest BCUT2D eigenvalue weighted by atomic mass is 10.1. The number of carbonyl (C=O) groups is 1. The molecule has 114 valence electrons. The summed E-state index contributed by atoms with van der Waals surface area (Å²) in [4.78, 5) is 12.0. The van der Waals surface area contributed by atoms with Crippen molar-refractivity contribution in [1.29, 1.82) is 0 Å². The van der Waals surface area contributed by atoms with Crippen molar-refractivity contribution in [2.45, 2.75) is 13.0 Å². The summed E-state index contributed by atoms with van der Waals surface area (Å²) >= 11 is 6.23. The van der Waals surface area contributed by atoms with Crippen LogP contribution in [0.4, 0.5) is 0 Å². The Morgan fingerprint density at radius 1 is 1.14 bits per heavy atom. The molecule has 1 aliphatic rings. The van der Waals surface area contributed by atoms with Crippen molar-refractivity contribution < 1.29 is 14.3 Å². The zero-order chi connectivity index (χ0) is 15.4. The molecular formula is C17H16ClNO3. The fourth-order valence-electron chi connectivity index (χ4n) is 2.26. The molecule has 0 aliphatic carbocycles. The molecule has 0 bridgehead atoms. The van der Waals surface area contributed by atoms with Crippen LogP contribution in [-0.4, -0.2) is 19.1 Å². The Morgan fingerprint density at radius 3 is 2.73 bits per heavy atom. The molecular weight excluding hydrogens is 302 g/mol. The summed E-state index contributed by atoms with van der Waals surface area (Å²) in [5, 5.41) is 3.37. The van der Waals surface area contributed by atoms with Gasteiger partial charge in [-0.25, -0.2) is 0 Å². The van der Waals surface area contributed by atoms with Crippen molar-refractivity contribution in [3.05, 3.63) is 58.6 Å². The fourth-order valence-corrected chi connectivity index (χ4v) is 2.55. The molecule has 1 amide bonds. The number of hydrogen-bond donors (Lipinski definition) is 1. The van der Waals surface area contributed by atoms with E-state index in [1.807, 2.05) is 24.3 Å². The predicted octanol–water partition coefficient (Wildman–Crippen LogP) is 3.43. The van der Waals surface area contributed by atoms with Gasteiger partial charge in [0.2, 0.25) is 0 Å². The van der Waals surface area contributed by atoms with Crippen LogP contribution in [0.5, 0.6) is 11.5 Å². The Kier molecular flexibility index (Phi) is 4.49. The third-order valence-corrected chi connectivity index (χ3v) is 3.63. The molecule has 4 nitrogen and oxygen atoms in total. The molecule has 0 aromatic heterocycles. The van der Waals surface area contributed by atoms with E-state index in [4.69, 9.17) is 21.1 Å². The molecule has 0 fully saturated rings. The molecule has 0 saturated heterocycles. The van der Waals surface area contributed by atoms with Gasteiger partial charge >= 0.3 is 0 Å². The molecule has 0 radical (unpaired) electrons. The standard InChI is InChI=1S/C17H16ClNO3/c18-14-9-12(10-15-16(14)22-8-4-7-21-15)11-19-17(20)13-5-2-1-3-6-13/h1-3,5-6,9-10H,4,7-8,11H2,(H,19,20). The molecule has 0 atom stereocenters. The first-order chi connectivity index (χ1) is 10.7. The zero-order valence-electron chi connectivity index (χ0n) is 12.0. The molecule has 2 aromatic rings. The van der Waals surface area contributed by atoms with Gasteiger partial charge in [-0.1, -0.05) is 29.8 Å². The Labute approximate surface area is 134 Å². The highest BCUT2D eigenvalue weighted by atomic mass is 35.5. The molecule has 0 spiro atoms. The number of benzene rings is 2. The van der Waals surface area contributed by atoms with Crippen LogP contribution < -0.4 is 14.8 Å². The number of halogens is 1. The first-order valence-corrected chi connectivity index (χ1v) is 7.53. The van der Waals surface area contributed by atoms with Gasteiger partial charge < -0.3 is 14.8 Å². The largest absolute Gasteiger partial charge is 0.489 e. The highest BCUT2D eigenvalue weighted by Gasteiger charge is 2.16. The van der Waals surface area contributed by atoms with Gasteiger partial charge in [-0.15, -0.1) is 0 Å². The van der Waals surface area contributed by atoms with Gasteiger partial charge in [0, 0.05) is 18.5 Å². The highest BCUT2D eigenvalue weighted by molar-refractivity contribution is 6.32. The van der Waals surface area contributed by atoms with Crippen LogP contribution in [0.1, 0.15) is 22.3 Å². The first kappa shape index (κ1) is 14.7. The van der Waals surface area contributed by atoms with E-state index in [9.17, 15) is 4.79 Å². The number of rotatable bonds is 3. The monoisotopic (exact) mass is 317 g/mol. The zero-order valence-corrected chi connectivity index (χ0v) is 12.7. The second-order valence-corrected chi connectivity index (χ2v) is 5.41. The summed E-state index contributed by atoms with van der Waals surface area (Å²) in [7, 11) is 0. The summed E-state index contributed by atoms with van der Waals surface area (Å²) in [6.07, 6.45) is 0.824. The van der Waals surface area contributed by atoms with Crippen molar-refractivity contribution >= 4 is 17.5 Å². The lowest BCUT2D eigenvalue weighted by molar-refractivity contribution is 0.0951. The van der Waals surface area contributed by atoms with E-state index in [0.29, 0.717) is 41.8 Å². The van der Waals surface area contributed by atoms with E-state index >= 15 is 0 Å². The lowest BCUT2D eigenvalue weighted by Gasteiger charge is -2.12. The smallest absolute Gasteiger partial charge is 0.251 e. The number of fused-ring (bicyclic) bond motifs is 1. The van der Waals surface area contributed by atoms with Crippen molar-refractivity contribution in [1.82, 2.24) is 5.32 Å². The number of carbonyl (C=O) groups excluding carboxylic acids is 1. The molecule has 0 saturated carbocycles. The molecule has 22 heavy (non-hydrogen) atoms. The van der Waals surface area contributed by atoms with Gasteiger partial charge in [0.1, 0.15) is 0 Å². The normalized spacial score (nSPS) is 13.3. The van der Waals surface area contributed by atoms with Crippen molar-refractivity contribution in [2.75, 3.05) is 13.2 Å². The van der Waals surface area contributed by atoms with Crippen LogP contribution in [0.2, 0.25) is 5.02 Å². The van der Waals surface area contributed by atoms with Gasteiger partial charge in [-0.05, 0) is 29.8 Å². The van der Waals surface area contributed by atoms with Gasteiger partial charge in [-0.3, -0.25) is 4.79 Å². The fraction of sp³-hybridized carbons (Fsp3) is 0.235. The number of nitrogens with one attached hydrogen (secondary N) is 1. The number of amides is 1. The van der Waals surface area contributed by atoms with Crippen LogP contribution >= 0.6 is 11.6 Å². The Hall–Kier alpha value is -2.20. The minimum Gasteiger partial charge on any atom is -0.489 e. The third kappa shape index (κ3) is 3.34. The van der Waals surface area contributed by atoms with E-state index in [-0.39, 0.29) is 5.91 Å². The molecule has 1 heterocycles. The maximum absolute atomic E-state index is 12.0. The van der Waals surface area contributed by atoms with Crippen molar-refractivity contribution in [2.24, 2.45) is 0 Å². The highest BCUT2D eigenvalue weighted by Crippen LogP contribution is 2.37. The van der Waals surface area contributed by atoms with E-state index in [0.717, 1.165) is 12.0 Å². The van der Waals surface area contributed by atoms with E-state index in [1.165, 1.54) is 0 Å². The minimum absolute atomic E-state index is 0.121. The summed E-state index contributed by atoms with van der Waals surface area (Å²) in [6.45, 7) is 1.57.